The second-order valence-electron chi connectivity index (χ2n) is 6.79. The molecule has 148 valence electrons. The van der Waals surface area contributed by atoms with Gasteiger partial charge in [0, 0.05) is 47.3 Å². The molecule has 1 aromatic carbocycles. The molecule has 1 amide bonds. The number of rotatable bonds is 11. The number of nitrogens with zero attached hydrogens (tertiary/aromatic N) is 1. The summed E-state index contributed by atoms with van der Waals surface area (Å²) in [5, 5.41) is 0.642. The monoisotopic (exact) mass is 390 g/mol. The molecule has 0 saturated heterocycles. The van der Waals surface area contributed by atoms with Crippen LogP contribution in [-0.4, -0.2) is 23.7 Å². The Kier molecular flexibility index (Phi) is 8.39. The van der Waals surface area contributed by atoms with E-state index in [0.29, 0.717) is 23.8 Å². The molecule has 0 aliphatic rings. The van der Waals surface area contributed by atoms with E-state index in [9.17, 15) is 4.79 Å². The fourth-order valence-corrected chi connectivity index (χ4v) is 3.86. The molecule has 2 aromatic rings. The summed E-state index contributed by atoms with van der Waals surface area (Å²) < 4.78 is 7.74. The quantitative estimate of drug-likeness (QED) is 0.524. The van der Waals surface area contributed by atoms with E-state index in [2.05, 4.69) is 11.5 Å². The smallest absolute Gasteiger partial charge is 0.251 e. The first-order valence-corrected chi connectivity index (χ1v) is 10.2. The van der Waals surface area contributed by atoms with E-state index in [0.717, 1.165) is 61.2 Å². The summed E-state index contributed by atoms with van der Waals surface area (Å²) in [6.45, 7) is 8.39. The summed E-state index contributed by atoms with van der Waals surface area (Å²) in [5.41, 5.74) is 10.2. The number of ether oxygens (including phenoxy) is 1. The van der Waals surface area contributed by atoms with E-state index in [4.69, 9.17) is 22.1 Å². The van der Waals surface area contributed by atoms with Crippen molar-refractivity contribution in [2.24, 2.45) is 5.73 Å². The van der Waals surface area contributed by atoms with Gasteiger partial charge in [-0.2, -0.15) is 0 Å². The lowest BCUT2D eigenvalue weighted by Gasteiger charge is -2.14. The number of benzene rings is 1. The Morgan fingerprint density at radius 2 is 1.93 bits per heavy atom. The van der Waals surface area contributed by atoms with Gasteiger partial charge in [0.05, 0.1) is 5.56 Å². The van der Waals surface area contributed by atoms with Crippen LogP contribution in [0.5, 0.6) is 0 Å². The van der Waals surface area contributed by atoms with Gasteiger partial charge in [0.25, 0.3) is 5.91 Å². The number of aromatic nitrogens is 1. The molecule has 0 unspecified atom stereocenters. The Balaban J connectivity index is 2.56. The standard InChI is InChI=1S/C22H31ClN2O2/c1-4-6-7-13-19-21(17-11-8-9-12-18(17)23)20(22(24)26)16(3)25(19)14-10-15-27-5-2/h8-9,11-12H,4-7,10,13-15H2,1-3H3,(H2,24,26). The third-order valence-corrected chi connectivity index (χ3v) is 5.24. The van der Waals surface area contributed by atoms with E-state index < -0.39 is 5.91 Å². The molecule has 0 fully saturated rings. The number of primary amides is 1. The molecule has 2 N–H and O–H groups in total. The molecular formula is C22H31ClN2O2. The number of carbonyl (C=O) groups excluding carboxylic acids is 1. The van der Waals surface area contributed by atoms with Crippen molar-refractivity contribution in [2.45, 2.75) is 59.4 Å². The predicted molar refractivity (Wildman–Crippen MR) is 112 cm³/mol. The van der Waals surface area contributed by atoms with Crippen molar-refractivity contribution in [2.75, 3.05) is 13.2 Å². The van der Waals surface area contributed by atoms with E-state index in [-0.39, 0.29) is 0 Å². The van der Waals surface area contributed by atoms with Gasteiger partial charge in [-0.05, 0) is 39.2 Å². The van der Waals surface area contributed by atoms with Gasteiger partial charge < -0.3 is 15.0 Å². The van der Waals surface area contributed by atoms with Gasteiger partial charge >= 0.3 is 0 Å². The van der Waals surface area contributed by atoms with E-state index in [1.54, 1.807) is 0 Å². The second kappa shape index (κ2) is 10.5. The van der Waals surface area contributed by atoms with Gasteiger partial charge in [-0.25, -0.2) is 0 Å². The molecule has 0 aliphatic carbocycles. The summed E-state index contributed by atoms with van der Waals surface area (Å²) in [6.07, 6.45) is 5.16. The molecular weight excluding hydrogens is 360 g/mol. The molecule has 0 atom stereocenters. The largest absolute Gasteiger partial charge is 0.382 e. The van der Waals surface area contributed by atoms with Crippen LogP contribution in [0.4, 0.5) is 0 Å². The number of carbonyl (C=O) groups is 1. The minimum atomic E-state index is -0.400. The zero-order valence-electron chi connectivity index (χ0n) is 16.7. The van der Waals surface area contributed by atoms with Crippen molar-refractivity contribution < 1.29 is 9.53 Å². The van der Waals surface area contributed by atoms with Crippen LogP contribution in [0.25, 0.3) is 11.1 Å². The van der Waals surface area contributed by atoms with Gasteiger partial charge in [-0.15, -0.1) is 0 Å². The molecule has 0 aliphatic heterocycles. The maximum Gasteiger partial charge on any atom is 0.251 e. The van der Waals surface area contributed by atoms with Gasteiger partial charge in [-0.1, -0.05) is 49.6 Å². The fraction of sp³-hybridized carbons (Fsp3) is 0.500. The van der Waals surface area contributed by atoms with Crippen LogP contribution in [0.3, 0.4) is 0 Å². The maximum atomic E-state index is 12.3. The molecule has 5 heteroatoms. The molecule has 1 heterocycles. The number of hydrogen-bond donors (Lipinski definition) is 1. The number of unbranched alkanes of at least 4 members (excludes halogenated alkanes) is 2. The average Bonchev–Trinajstić information content (AvgIpc) is 2.91. The average molecular weight is 391 g/mol. The lowest BCUT2D eigenvalue weighted by molar-refractivity contribution is 0.1000. The second-order valence-corrected chi connectivity index (χ2v) is 7.19. The molecule has 27 heavy (non-hydrogen) atoms. The van der Waals surface area contributed by atoms with E-state index >= 15 is 0 Å². The summed E-state index contributed by atoms with van der Waals surface area (Å²) in [6, 6.07) is 7.68. The first-order valence-electron chi connectivity index (χ1n) is 9.87. The Hall–Kier alpha value is -1.78. The third-order valence-electron chi connectivity index (χ3n) is 4.91. The minimum absolute atomic E-state index is 0.400. The van der Waals surface area contributed by atoms with Gasteiger partial charge in [0.15, 0.2) is 0 Å². The Morgan fingerprint density at radius 1 is 1.19 bits per heavy atom. The number of nitrogens with two attached hydrogens (primary N) is 1. The van der Waals surface area contributed by atoms with Crippen LogP contribution in [0.1, 0.15) is 61.3 Å². The van der Waals surface area contributed by atoms with Crippen LogP contribution < -0.4 is 5.73 Å². The highest BCUT2D eigenvalue weighted by atomic mass is 35.5. The third kappa shape index (κ3) is 5.14. The first-order chi connectivity index (χ1) is 13.0. The van der Waals surface area contributed by atoms with Gasteiger partial charge in [0.2, 0.25) is 0 Å². The number of amides is 1. The predicted octanol–water partition coefficient (Wildman–Crippen LogP) is 5.38. The molecule has 2 rings (SSSR count). The molecule has 0 bridgehead atoms. The Bertz CT molecular complexity index is 768. The highest BCUT2D eigenvalue weighted by Gasteiger charge is 2.25. The minimum Gasteiger partial charge on any atom is -0.382 e. The van der Waals surface area contributed by atoms with Crippen molar-refractivity contribution in [3.63, 3.8) is 0 Å². The molecule has 1 aromatic heterocycles. The fourth-order valence-electron chi connectivity index (χ4n) is 3.63. The Morgan fingerprint density at radius 3 is 2.56 bits per heavy atom. The number of hydrogen-bond acceptors (Lipinski definition) is 2. The van der Waals surface area contributed by atoms with Crippen LogP contribution in [0.15, 0.2) is 24.3 Å². The van der Waals surface area contributed by atoms with Crippen molar-refractivity contribution in [1.29, 1.82) is 0 Å². The van der Waals surface area contributed by atoms with Gasteiger partial charge in [0.1, 0.15) is 0 Å². The van der Waals surface area contributed by atoms with Crippen LogP contribution >= 0.6 is 11.6 Å². The van der Waals surface area contributed by atoms with Crippen LogP contribution in [-0.2, 0) is 17.7 Å². The van der Waals surface area contributed by atoms with E-state index in [1.165, 1.54) is 0 Å². The molecule has 4 nitrogen and oxygen atoms in total. The molecule has 0 radical (unpaired) electrons. The van der Waals surface area contributed by atoms with Crippen LogP contribution in [0, 0.1) is 6.92 Å². The summed E-state index contributed by atoms with van der Waals surface area (Å²) >= 11 is 6.49. The first kappa shape index (κ1) is 21.5. The lowest BCUT2D eigenvalue weighted by Crippen LogP contribution is -2.14. The topological polar surface area (TPSA) is 57.2 Å². The zero-order chi connectivity index (χ0) is 19.8. The van der Waals surface area contributed by atoms with Crippen molar-refractivity contribution in [3.05, 3.63) is 46.2 Å². The molecule has 0 spiro atoms. The molecule has 0 saturated carbocycles. The summed E-state index contributed by atoms with van der Waals surface area (Å²) in [7, 11) is 0. The van der Waals surface area contributed by atoms with Gasteiger partial charge in [-0.3, -0.25) is 4.79 Å². The highest BCUT2D eigenvalue weighted by Crippen LogP contribution is 2.37. The SMILES string of the molecule is CCCCCc1c(-c2ccccc2Cl)c(C(N)=O)c(C)n1CCCOCC. The van der Waals surface area contributed by atoms with Crippen molar-refractivity contribution >= 4 is 17.5 Å². The summed E-state index contributed by atoms with van der Waals surface area (Å²) in [5.74, 6) is -0.400. The maximum absolute atomic E-state index is 12.3. The normalized spacial score (nSPS) is 11.1. The summed E-state index contributed by atoms with van der Waals surface area (Å²) in [4.78, 5) is 12.3. The zero-order valence-corrected chi connectivity index (χ0v) is 17.4. The van der Waals surface area contributed by atoms with E-state index in [1.807, 2.05) is 38.1 Å². The lowest BCUT2D eigenvalue weighted by atomic mass is 9.97. The van der Waals surface area contributed by atoms with Crippen LogP contribution in [0.2, 0.25) is 5.02 Å². The Labute approximate surface area is 167 Å². The van der Waals surface area contributed by atoms with Crippen molar-refractivity contribution in [3.8, 4) is 11.1 Å². The highest BCUT2D eigenvalue weighted by molar-refractivity contribution is 6.33. The van der Waals surface area contributed by atoms with Crippen molar-refractivity contribution in [1.82, 2.24) is 4.57 Å². The number of halogens is 1.